The Morgan fingerprint density at radius 2 is 2.11 bits per heavy atom. The highest BCUT2D eigenvalue weighted by Gasteiger charge is 2.83. The summed E-state index contributed by atoms with van der Waals surface area (Å²) in [6, 6.07) is 0. The Bertz CT molecular complexity index is 413. The smallest absolute Gasteiger partial charge is 0.154 e. The SMILES string of the molecule is C[C@@H]1CCC[C@H]2C[C@H]3OC[C@@](O)(CO)[C@]34O[C@@H]4[C@]21C. The summed E-state index contributed by atoms with van der Waals surface area (Å²) in [5.74, 6) is 1.24. The molecule has 0 radical (unpaired) electrons. The minimum atomic E-state index is -1.20. The molecule has 0 aromatic carbocycles. The normalized spacial score (nSPS) is 63.2. The number of aliphatic hydroxyl groups is 2. The lowest BCUT2D eigenvalue weighted by atomic mass is 9.52. The van der Waals surface area contributed by atoms with E-state index in [0.717, 1.165) is 6.42 Å². The van der Waals surface area contributed by atoms with E-state index in [9.17, 15) is 10.2 Å². The van der Waals surface area contributed by atoms with Crippen molar-refractivity contribution in [1.82, 2.24) is 0 Å². The van der Waals surface area contributed by atoms with Crippen molar-refractivity contribution in [1.29, 1.82) is 0 Å². The van der Waals surface area contributed by atoms with Gasteiger partial charge in [0.15, 0.2) is 5.60 Å². The van der Waals surface area contributed by atoms with Gasteiger partial charge >= 0.3 is 0 Å². The van der Waals surface area contributed by atoms with Gasteiger partial charge in [-0.25, -0.2) is 0 Å². The molecule has 19 heavy (non-hydrogen) atoms. The predicted molar refractivity (Wildman–Crippen MR) is 68.6 cm³/mol. The molecule has 0 unspecified atom stereocenters. The van der Waals surface area contributed by atoms with E-state index in [-0.39, 0.29) is 30.8 Å². The zero-order valence-corrected chi connectivity index (χ0v) is 11.8. The van der Waals surface area contributed by atoms with E-state index in [1.165, 1.54) is 19.3 Å². The van der Waals surface area contributed by atoms with E-state index in [2.05, 4.69) is 13.8 Å². The quantitative estimate of drug-likeness (QED) is 0.699. The topological polar surface area (TPSA) is 62.2 Å². The van der Waals surface area contributed by atoms with Crippen molar-refractivity contribution in [2.24, 2.45) is 17.3 Å². The number of rotatable bonds is 1. The summed E-state index contributed by atoms with van der Waals surface area (Å²) in [5.41, 5.74) is -1.70. The first-order valence-electron chi connectivity index (χ1n) is 7.61. The molecule has 2 N–H and O–H groups in total. The minimum absolute atomic E-state index is 0.0296. The lowest BCUT2D eigenvalue weighted by Crippen LogP contribution is -2.59. The second-order valence-electron chi connectivity index (χ2n) is 7.41. The third-order valence-electron chi connectivity index (χ3n) is 6.83. The summed E-state index contributed by atoms with van der Waals surface area (Å²) in [5, 5.41) is 20.3. The molecule has 0 aromatic heterocycles. The van der Waals surface area contributed by atoms with E-state index in [0.29, 0.717) is 11.8 Å². The van der Waals surface area contributed by atoms with Crippen molar-refractivity contribution in [2.45, 2.75) is 62.9 Å². The van der Waals surface area contributed by atoms with Crippen molar-refractivity contribution in [3.63, 3.8) is 0 Å². The van der Waals surface area contributed by atoms with Gasteiger partial charge in [0.1, 0.15) is 5.60 Å². The summed E-state index contributed by atoms with van der Waals surface area (Å²) in [4.78, 5) is 0. The first-order valence-corrected chi connectivity index (χ1v) is 7.61. The number of hydrogen-bond donors (Lipinski definition) is 2. The average Bonchev–Trinajstić information content (AvgIpc) is 3.11. The fourth-order valence-electron chi connectivity index (χ4n) is 5.33. The molecule has 0 amide bonds. The van der Waals surface area contributed by atoms with Gasteiger partial charge < -0.3 is 19.7 Å². The molecule has 2 heterocycles. The van der Waals surface area contributed by atoms with E-state index >= 15 is 0 Å². The van der Waals surface area contributed by atoms with E-state index in [4.69, 9.17) is 9.47 Å². The molecule has 4 heteroatoms. The summed E-state index contributed by atoms with van der Waals surface area (Å²) in [7, 11) is 0. The van der Waals surface area contributed by atoms with Crippen LogP contribution in [-0.4, -0.2) is 46.8 Å². The Balaban J connectivity index is 1.75. The number of ether oxygens (including phenoxy) is 2. The zero-order chi connectivity index (χ0) is 13.5. The van der Waals surface area contributed by atoms with Crippen molar-refractivity contribution >= 4 is 0 Å². The van der Waals surface area contributed by atoms with Gasteiger partial charge in [-0.1, -0.05) is 26.7 Å². The molecular weight excluding hydrogens is 244 g/mol. The van der Waals surface area contributed by atoms with Crippen LogP contribution in [0.1, 0.15) is 39.5 Å². The van der Waals surface area contributed by atoms with Gasteiger partial charge in [-0.3, -0.25) is 0 Å². The van der Waals surface area contributed by atoms with Crippen molar-refractivity contribution in [2.75, 3.05) is 13.2 Å². The third-order valence-corrected chi connectivity index (χ3v) is 6.83. The minimum Gasteiger partial charge on any atom is -0.393 e. The Labute approximate surface area is 114 Å². The van der Waals surface area contributed by atoms with E-state index in [1.54, 1.807) is 0 Å². The van der Waals surface area contributed by atoms with Gasteiger partial charge in [0.05, 0.1) is 25.4 Å². The molecule has 0 aromatic rings. The maximum atomic E-state index is 10.7. The third kappa shape index (κ3) is 1.21. The maximum absolute atomic E-state index is 10.7. The van der Waals surface area contributed by atoms with Crippen LogP contribution in [-0.2, 0) is 9.47 Å². The molecule has 2 saturated heterocycles. The number of fused-ring (bicyclic) bond motifs is 2. The lowest BCUT2D eigenvalue weighted by Gasteiger charge is -2.50. The van der Waals surface area contributed by atoms with Crippen LogP contribution in [0.25, 0.3) is 0 Å². The number of hydrogen-bond acceptors (Lipinski definition) is 4. The fourth-order valence-corrected chi connectivity index (χ4v) is 5.33. The number of epoxide rings is 1. The van der Waals surface area contributed by atoms with Crippen molar-refractivity contribution in [3.8, 4) is 0 Å². The lowest BCUT2D eigenvalue weighted by molar-refractivity contribution is -0.0649. The second-order valence-corrected chi connectivity index (χ2v) is 7.41. The molecule has 108 valence electrons. The van der Waals surface area contributed by atoms with Crippen LogP contribution in [0.3, 0.4) is 0 Å². The molecule has 2 saturated carbocycles. The van der Waals surface area contributed by atoms with Gasteiger partial charge in [-0.15, -0.1) is 0 Å². The van der Waals surface area contributed by atoms with Crippen LogP contribution in [0.2, 0.25) is 0 Å². The molecule has 4 nitrogen and oxygen atoms in total. The van der Waals surface area contributed by atoms with Crippen LogP contribution in [0.5, 0.6) is 0 Å². The molecular formula is C15H24O4. The fraction of sp³-hybridized carbons (Fsp3) is 1.00. The summed E-state index contributed by atoms with van der Waals surface area (Å²) in [6.07, 6.45) is 4.77. The van der Waals surface area contributed by atoms with Crippen molar-refractivity contribution in [3.05, 3.63) is 0 Å². The highest BCUT2D eigenvalue weighted by molar-refractivity contribution is 5.30. The van der Waals surface area contributed by atoms with Gasteiger partial charge in [0.25, 0.3) is 0 Å². The molecule has 7 atom stereocenters. The Kier molecular flexibility index (Phi) is 2.34. The van der Waals surface area contributed by atoms with Gasteiger partial charge in [0, 0.05) is 5.41 Å². The molecule has 2 aliphatic carbocycles. The molecule has 4 aliphatic rings. The molecule has 4 fully saturated rings. The molecule has 4 rings (SSSR count). The number of aliphatic hydroxyl groups excluding tert-OH is 1. The summed E-state index contributed by atoms with van der Waals surface area (Å²) >= 11 is 0. The monoisotopic (exact) mass is 268 g/mol. The Hall–Kier alpha value is -0.160. The maximum Gasteiger partial charge on any atom is 0.154 e. The molecule has 2 aliphatic heterocycles. The van der Waals surface area contributed by atoms with Crippen LogP contribution in [0.15, 0.2) is 0 Å². The molecule has 0 bridgehead atoms. The van der Waals surface area contributed by atoms with Crippen LogP contribution >= 0.6 is 0 Å². The van der Waals surface area contributed by atoms with Gasteiger partial charge in [-0.05, 0) is 24.7 Å². The summed E-state index contributed by atoms with van der Waals surface area (Å²) in [6.45, 7) is 4.58. The highest BCUT2D eigenvalue weighted by atomic mass is 16.7. The zero-order valence-electron chi connectivity index (χ0n) is 11.8. The first-order chi connectivity index (χ1) is 8.99. The van der Waals surface area contributed by atoms with Crippen LogP contribution < -0.4 is 0 Å². The predicted octanol–water partition coefficient (Wildman–Crippen LogP) is 1.09. The Morgan fingerprint density at radius 1 is 1.32 bits per heavy atom. The van der Waals surface area contributed by atoms with E-state index < -0.39 is 11.2 Å². The second kappa shape index (κ2) is 3.53. The van der Waals surface area contributed by atoms with Crippen LogP contribution in [0.4, 0.5) is 0 Å². The Morgan fingerprint density at radius 3 is 2.84 bits per heavy atom. The van der Waals surface area contributed by atoms with Crippen LogP contribution in [0, 0.1) is 17.3 Å². The van der Waals surface area contributed by atoms with E-state index in [1.807, 2.05) is 0 Å². The average molecular weight is 268 g/mol. The first kappa shape index (κ1) is 12.6. The largest absolute Gasteiger partial charge is 0.393 e. The molecule has 1 spiro atoms. The van der Waals surface area contributed by atoms with Gasteiger partial charge in [0.2, 0.25) is 0 Å². The summed E-state index contributed by atoms with van der Waals surface area (Å²) < 4.78 is 11.9. The highest BCUT2D eigenvalue weighted by Crippen LogP contribution is 2.69. The van der Waals surface area contributed by atoms with Gasteiger partial charge in [-0.2, -0.15) is 0 Å². The van der Waals surface area contributed by atoms with Crippen molar-refractivity contribution < 1.29 is 19.7 Å². The standard InChI is InChI=1S/C15H24O4/c1-9-4-3-5-10-6-11-15(12(19-15)13(9,10)2)14(17,7-16)8-18-11/h9-12,16-17H,3-8H2,1-2H3/t9-,10+,11-,12-,13+,14+,15+/m1/s1.